The van der Waals surface area contributed by atoms with E-state index in [1.807, 2.05) is 88.0 Å². The number of nitrogens with zero attached hydrogens (tertiary/aromatic N) is 2. The summed E-state index contributed by atoms with van der Waals surface area (Å²) in [6, 6.07) is 6.54. The van der Waals surface area contributed by atoms with Gasteiger partial charge in [-0.05, 0) is 59.8 Å². The zero-order chi connectivity index (χ0) is 46.6. The summed E-state index contributed by atoms with van der Waals surface area (Å²) >= 11 is 2.22. The summed E-state index contributed by atoms with van der Waals surface area (Å²) in [4.78, 5) is 56.5. The van der Waals surface area contributed by atoms with E-state index in [9.17, 15) is 34.5 Å². The van der Waals surface area contributed by atoms with Crippen molar-refractivity contribution in [3.63, 3.8) is 0 Å². The SMILES string of the molecule is CC(C)(C)c1cc(C(=O)O)cc(C(C)(C)C)c1O.CCOC(=O)c1csc(N)n1.CCOC(=O)c1csc(NC(=O)c2cc(C(C)(C)C)c(O)c(C(C)(C)C)c2)n1.[2H][I-]C. The number of phenolic OH excluding ortho intramolecular Hbond substituents is 2. The number of nitrogens with two attached hydrogens (primary N) is 1. The second-order valence-electron chi connectivity index (χ2n) is 17.1. The molecule has 0 radical (unpaired) electrons. The van der Waals surface area contributed by atoms with Crippen LogP contribution in [0.4, 0.5) is 10.3 Å². The van der Waals surface area contributed by atoms with Crippen LogP contribution in [0.1, 0.15) is 161 Å². The van der Waals surface area contributed by atoms with Crippen LogP contribution in [-0.2, 0) is 31.1 Å². The van der Waals surface area contributed by atoms with Gasteiger partial charge >= 0.3 is 45.8 Å². The maximum atomic E-state index is 12.8. The van der Waals surface area contributed by atoms with Crippen molar-refractivity contribution in [1.82, 2.24) is 9.97 Å². The van der Waals surface area contributed by atoms with Gasteiger partial charge in [-0.2, -0.15) is 0 Å². The first kappa shape index (κ1) is 50.9. The number of ether oxygens (including phenoxy) is 2. The molecule has 0 unspecified atom stereocenters. The van der Waals surface area contributed by atoms with Gasteiger partial charge in [-0.1, -0.05) is 83.1 Å². The predicted octanol–water partition coefficient (Wildman–Crippen LogP) is 6.36. The molecule has 0 aliphatic carbocycles. The molecular formula is C43H62IN4O9S2-. The summed E-state index contributed by atoms with van der Waals surface area (Å²) in [5, 5.41) is 36.9. The number of aromatic carboxylic acids is 1. The summed E-state index contributed by atoms with van der Waals surface area (Å²) in [6.45, 7) is 27.8. The number of rotatable bonds is 7. The van der Waals surface area contributed by atoms with Gasteiger partial charge in [-0.15, -0.1) is 22.7 Å². The summed E-state index contributed by atoms with van der Waals surface area (Å²) in [7, 11) is 0. The fraction of sp³-hybridized carbons (Fsp3) is 0.488. The van der Waals surface area contributed by atoms with Gasteiger partial charge in [0.1, 0.15) is 11.5 Å². The molecule has 2 heterocycles. The Morgan fingerprint density at radius 2 is 1.03 bits per heavy atom. The maximum absolute atomic E-state index is 12.8. The van der Waals surface area contributed by atoms with Gasteiger partial charge in [0.25, 0.3) is 5.91 Å². The van der Waals surface area contributed by atoms with Crippen molar-refractivity contribution in [1.29, 1.82) is 0.594 Å². The molecule has 328 valence electrons. The van der Waals surface area contributed by atoms with Crippen molar-refractivity contribution in [3.05, 3.63) is 79.8 Å². The van der Waals surface area contributed by atoms with Crippen LogP contribution < -0.4 is 33.4 Å². The monoisotopic (exact) mass is 970 g/mol. The van der Waals surface area contributed by atoms with Crippen LogP contribution in [0, 0.1) is 0 Å². The predicted molar refractivity (Wildman–Crippen MR) is 234 cm³/mol. The Kier molecular flexibility index (Phi) is 18.8. The zero-order valence-electron chi connectivity index (χ0n) is 37.8. The van der Waals surface area contributed by atoms with E-state index in [0.717, 1.165) is 11.3 Å². The molecule has 0 fully saturated rings. The summed E-state index contributed by atoms with van der Waals surface area (Å²) in [5.74, 6) is -1.82. The molecule has 0 spiro atoms. The number of aromatic hydroxyl groups is 2. The molecule has 4 aromatic rings. The molecule has 0 aliphatic rings. The number of nitrogens with one attached hydrogen (secondary N) is 1. The number of esters is 2. The molecule has 0 saturated heterocycles. The number of nitrogen functional groups attached to an aromatic ring is 1. The number of aromatic nitrogens is 2. The second kappa shape index (κ2) is 21.8. The Morgan fingerprint density at radius 1 is 0.695 bits per heavy atom. The van der Waals surface area contributed by atoms with Crippen LogP contribution in [0.25, 0.3) is 0 Å². The third kappa shape index (κ3) is 15.7. The number of carbonyl (C=O) groups is 4. The van der Waals surface area contributed by atoms with E-state index in [2.05, 4.69) is 15.3 Å². The average molecular weight is 971 g/mol. The molecular weight excluding hydrogens is 908 g/mol. The van der Waals surface area contributed by atoms with E-state index in [4.69, 9.17) is 15.8 Å². The normalized spacial score (nSPS) is 11.7. The third-order valence-electron chi connectivity index (χ3n) is 8.18. The van der Waals surface area contributed by atoms with Crippen LogP contribution in [0.15, 0.2) is 35.0 Å². The summed E-state index contributed by atoms with van der Waals surface area (Å²) < 4.78 is 15.9. The summed E-state index contributed by atoms with van der Waals surface area (Å²) in [5.41, 5.74) is 7.92. The fourth-order valence-corrected chi connectivity index (χ4v) is 6.40. The average Bonchev–Trinajstić information content (AvgIpc) is 3.76. The van der Waals surface area contributed by atoms with Crippen LogP contribution in [0.2, 0.25) is 0 Å². The molecule has 0 bridgehead atoms. The first-order chi connectivity index (χ1) is 27.4. The number of phenols is 2. The Hall–Kier alpha value is -4.29. The Labute approximate surface area is 370 Å². The number of hydrogen-bond acceptors (Lipinski definition) is 13. The van der Waals surface area contributed by atoms with Gasteiger partial charge in [0.2, 0.25) is 0 Å². The van der Waals surface area contributed by atoms with E-state index in [0.29, 0.717) is 44.7 Å². The number of carboxylic acid groups (broad SMARTS) is 1. The molecule has 6 N–H and O–H groups in total. The number of carboxylic acids is 1. The van der Waals surface area contributed by atoms with Gasteiger partial charge in [0.05, 0.1) is 18.8 Å². The van der Waals surface area contributed by atoms with E-state index in [-0.39, 0.29) is 85.0 Å². The Morgan fingerprint density at radius 3 is 1.34 bits per heavy atom. The minimum absolute atomic E-state index is 0.160. The molecule has 1 amide bonds. The molecule has 13 nitrogen and oxygen atoms in total. The van der Waals surface area contributed by atoms with Gasteiger partial charge in [0.15, 0.2) is 21.7 Å². The Bertz CT molecular complexity index is 2020. The fourth-order valence-electron chi connectivity index (χ4n) is 5.20. The Balaban J connectivity index is 0.000000478. The molecule has 2 aromatic heterocycles. The van der Waals surface area contributed by atoms with E-state index < -0.39 is 17.9 Å². The van der Waals surface area contributed by atoms with Gasteiger partial charge in [-0.25, -0.2) is 24.4 Å². The van der Waals surface area contributed by atoms with Crippen molar-refractivity contribution in [3.8, 4) is 11.5 Å². The van der Waals surface area contributed by atoms with E-state index in [1.54, 1.807) is 48.9 Å². The third-order valence-corrected chi connectivity index (χ3v) is 9.61. The quantitative estimate of drug-likeness (QED) is 0.0778. The van der Waals surface area contributed by atoms with Crippen LogP contribution in [0.5, 0.6) is 11.5 Å². The number of benzene rings is 2. The number of thiazole rings is 2. The van der Waals surface area contributed by atoms with Crippen LogP contribution in [-0.4, -0.2) is 67.8 Å². The van der Waals surface area contributed by atoms with Crippen LogP contribution >= 0.6 is 22.7 Å². The van der Waals surface area contributed by atoms with E-state index in [1.165, 1.54) is 11.3 Å². The molecule has 2 aromatic carbocycles. The number of hydrogen-bond donors (Lipinski definition) is 5. The molecule has 59 heavy (non-hydrogen) atoms. The number of amides is 1. The molecule has 0 atom stereocenters. The second-order valence-corrected chi connectivity index (χ2v) is 18.9. The number of carbonyl (C=O) groups excluding carboxylic acids is 3. The number of halogens is 1. The molecule has 16 heteroatoms. The van der Waals surface area contributed by atoms with Crippen molar-refractivity contribution in [2.45, 2.75) is 119 Å². The van der Waals surface area contributed by atoms with E-state index >= 15 is 0 Å². The van der Waals surface area contributed by atoms with Crippen LogP contribution in [0.3, 0.4) is 0 Å². The van der Waals surface area contributed by atoms with Crippen molar-refractivity contribution >= 4 is 56.8 Å². The first-order valence-electron chi connectivity index (χ1n) is 19.1. The van der Waals surface area contributed by atoms with Gasteiger partial charge in [0, 0.05) is 38.6 Å². The number of alkyl halides is 1. The van der Waals surface area contributed by atoms with Crippen molar-refractivity contribution < 1.29 is 66.4 Å². The minimum atomic E-state index is -0.967. The molecule has 0 saturated carbocycles. The zero-order valence-corrected chi connectivity index (χ0v) is 40.6. The molecule has 0 aliphatic heterocycles. The van der Waals surface area contributed by atoms with Gasteiger partial charge < -0.3 is 30.5 Å². The van der Waals surface area contributed by atoms with Crippen molar-refractivity contribution in [2.75, 3.05) is 29.2 Å². The topological polar surface area (TPSA) is 211 Å². The standard InChI is InChI=1S/C21H28N2O4S.C15H22O3.C6H8N2O2S.CH4I/c1-8-27-18(26)15-11-28-19(22-15)23-17(25)12-9-13(20(2,3)4)16(24)14(10-12)21(5,6)7;1-14(2,3)10-7-9(13(17)18)8-11(12(10)16)15(4,5)6;1-2-10-5(9)4-3-11-6(7)8-4;1-2/h9-11,24H,8H2,1-7H3,(H,22,23,25);7-8,16H,1-6H3,(H,17,18);3H,2H2,1H3,(H2,7,8);2H,1H3/q;;;-1/i;;;2D. The van der Waals surface area contributed by atoms with Gasteiger partial charge in [-0.3, -0.25) is 10.1 Å². The summed E-state index contributed by atoms with van der Waals surface area (Å²) in [6.07, 6.45) is 0. The first-order valence-corrected chi connectivity index (χ1v) is 22.6. The van der Waals surface area contributed by atoms with Crippen molar-refractivity contribution in [2.24, 2.45) is 0 Å². The number of anilines is 2. The molecule has 4 rings (SSSR count).